The molecule has 24 heavy (non-hydrogen) atoms. The molecule has 0 aliphatic rings. The fourth-order valence-electron chi connectivity index (χ4n) is 2.54. The van der Waals surface area contributed by atoms with Crippen LogP contribution in [0.15, 0.2) is 51.2 Å². The molecule has 0 saturated carbocycles. The molecule has 0 atom stereocenters. The Morgan fingerprint density at radius 2 is 2.00 bits per heavy atom. The van der Waals surface area contributed by atoms with E-state index in [1.165, 1.54) is 15.8 Å². The van der Waals surface area contributed by atoms with Gasteiger partial charge in [0, 0.05) is 29.4 Å². The third-order valence-electron chi connectivity index (χ3n) is 3.83. The number of hydrogen-bond donors (Lipinski definition) is 2. The Bertz CT molecular complexity index is 796. The molecule has 0 fully saturated rings. The monoisotopic (exact) mass is 455 g/mol. The van der Waals surface area contributed by atoms with E-state index < -0.39 is 0 Å². The van der Waals surface area contributed by atoms with Crippen molar-refractivity contribution < 1.29 is 4.42 Å². The smallest absolute Gasteiger partial charge is 0.191 e. The minimum Gasteiger partial charge on any atom is -0.459 e. The van der Waals surface area contributed by atoms with Gasteiger partial charge < -0.3 is 15.1 Å². The minimum atomic E-state index is 0. The van der Waals surface area contributed by atoms with Crippen LogP contribution in [-0.2, 0) is 13.0 Å². The van der Waals surface area contributed by atoms with Crippen molar-refractivity contribution in [2.75, 3.05) is 13.6 Å². The number of nitrogens with zero attached hydrogens (tertiary/aromatic N) is 1. The molecule has 0 spiro atoms. The van der Waals surface area contributed by atoms with Crippen molar-refractivity contribution in [3.63, 3.8) is 0 Å². The molecular weight excluding hydrogens is 433 g/mol. The quantitative estimate of drug-likeness (QED) is 0.342. The fourth-order valence-corrected chi connectivity index (χ4v) is 3.25. The predicted octanol–water partition coefficient (Wildman–Crippen LogP) is 4.33. The van der Waals surface area contributed by atoms with Crippen LogP contribution in [0.3, 0.4) is 0 Å². The highest BCUT2D eigenvalue weighted by Gasteiger charge is 2.10. The van der Waals surface area contributed by atoms with Crippen LogP contribution >= 0.6 is 35.3 Å². The molecule has 2 aromatic heterocycles. The zero-order valence-electron chi connectivity index (χ0n) is 13.8. The molecule has 3 rings (SSSR count). The number of furan rings is 1. The highest BCUT2D eigenvalue weighted by Crippen LogP contribution is 2.24. The maximum Gasteiger partial charge on any atom is 0.191 e. The maximum atomic E-state index is 5.91. The lowest BCUT2D eigenvalue weighted by molar-refractivity contribution is 0.534. The van der Waals surface area contributed by atoms with Crippen molar-refractivity contribution in [1.29, 1.82) is 0 Å². The summed E-state index contributed by atoms with van der Waals surface area (Å²) in [5, 5.41) is 9.93. The first-order chi connectivity index (χ1) is 11.3. The van der Waals surface area contributed by atoms with Crippen LogP contribution in [0.4, 0.5) is 0 Å². The van der Waals surface area contributed by atoms with Crippen molar-refractivity contribution in [3.8, 4) is 0 Å². The molecule has 2 heterocycles. The molecule has 0 amide bonds. The number of fused-ring (bicyclic) bond motifs is 1. The molecule has 1 aromatic carbocycles. The first-order valence-electron chi connectivity index (χ1n) is 7.72. The van der Waals surface area contributed by atoms with Gasteiger partial charge in [0.1, 0.15) is 11.3 Å². The first kappa shape index (κ1) is 18.8. The van der Waals surface area contributed by atoms with Gasteiger partial charge in [-0.15, -0.1) is 35.3 Å². The Morgan fingerprint density at radius 3 is 2.71 bits per heavy atom. The second-order valence-corrected chi connectivity index (χ2v) is 6.36. The minimum absolute atomic E-state index is 0. The third-order valence-corrected chi connectivity index (χ3v) is 4.76. The van der Waals surface area contributed by atoms with Gasteiger partial charge in [-0.3, -0.25) is 4.99 Å². The van der Waals surface area contributed by atoms with Gasteiger partial charge in [0.05, 0.1) is 6.54 Å². The molecule has 6 heteroatoms. The van der Waals surface area contributed by atoms with Crippen molar-refractivity contribution in [2.24, 2.45) is 4.99 Å². The Hall–Kier alpha value is -1.54. The molecular formula is C18H22IN3OS. The highest BCUT2D eigenvalue weighted by molar-refractivity contribution is 14.0. The summed E-state index contributed by atoms with van der Waals surface area (Å²) in [6, 6.07) is 12.4. The van der Waals surface area contributed by atoms with E-state index in [-0.39, 0.29) is 24.0 Å². The summed E-state index contributed by atoms with van der Waals surface area (Å²) in [5.74, 6) is 1.74. The van der Waals surface area contributed by atoms with E-state index in [9.17, 15) is 0 Å². The van der Waals surface area contributed by atoms with Crippen molar-refractivity contribution >= 4 is 52.2 Å². The molecule has 0 aliphatic heterocycles. The van der Waals surface area contributed by atoms with E-state index in [2.05, 4.69) is 46.1 Å². The van der Waals surface area contributed by atoms with E-state index in [1.807, 2.05) is 18.2 Å². The topological polar surface area (TPSA) is 49.6 Å². The molecule has 128 valence electrons. The lowest BCUT2D eigenvalue weighted by Gasteiger charge is -2.10. The first-order valence-corrected chi connectivity index (χ1v) is 8.60. The summed E-state index contributed by atoms with van der Waals surface area (Å²) in [5.41, 5.74) is 2.12. The van der Waals surface area contributed by atoms with E-state index in [1.54, 1.807) is 18.4 Å². The number of para-hydroxylation sites is 1. The number of hydrogen-bond acceptors (Lipinski definition) is 3. The third kappa shape index (κ3) is 4.51. The number of aliphatic imine (C=N–C) groups is 1. The van der Waals surface area contributed by atoms with Gasteiger partial charge in [-0.1, -0.05) is 24.3 Å². The summed E-state index contributed by atoms with van der Waals surface area (Å²) in [4.78, 5) is 5.64. The summed E-state index contributed by atoms with van der Waals surface area (Å²) in [6.07, 6.45) is 1.00. The van der Waals surface area contributed by atoms with Gasteiger partial charge in [0.2, 0.25) is 0 Å². The van der Waals surface area contributed by atoms with Crippen molar-refractivity contribution in [1.82, 2.24) is 10.6 Å². The molecule has 0 bridgehead atoms. The Morgan fingerprint density at radius 1 is 1.17 bits per heavy atom. The Labute approximate surface area is 163 Å². The SMILES string of the molecule is CN=C(NCCc1cccs1)NCc1oc2ccccc2c1C.I. The Kier molecular flexibility index (Phi) is 7.11. The zero-order chi connectivity index (χ0) is 16.1. The van der Waals surface area contributed by atoms with Crippen molar-refractivity contribution in [3.05, 3.63) is 58.0 Å². The number of halogens is 1. The lowest BCUT2D eigenvalue weighted by Crippen LogP contribution is -2.37. The van der Waals surface area contributed by atoms with Gasteiger partial charge in [-0.2, -0.15) is 0 Å². The van der Waals surface area contributed by atoms with Crippen LogP contribution in [0.5, 0.6) is 0 Å². The van der Waals surface area contributed by atoms with Crippen LogP contribution in [0.2, 0.25) is 0 Å². The molecule has 2 N–H and O–H groups in total. The normalized spacial score (nSPS) is 11.3. The molecule has 0 unspecified atom stereocenters. The van der Waals surface area contributed by atoms with Crippen LogP contribution in [0.25, 0.3) is 11.0 Å². The molecule has 0 aliphatic carbocycles. The number of rotatable bonds is 5. The van der Waals surface area contributed by atoms with E-state index >= 15 is 0 Å². The van der Waals surface area contributed by atoms with Gasteiger partial charge in [0.25, 0.3) is 0 Å². The van der Waals surface area contributed by atoms with E-state index in [4.69, 9.17) is 4.42 Å². The summed E-state index contributed by atoms with van der Waals surface area (Å²) in [7, 11) is 1.78. The largest absolute Gasteiger partial charge is 0.459 e. The Balaban J connectivity index is 0.00000208. The number of thiophene rings is 1. The zero-order valence-corrected chi connectivity index (χ0v) is 17.0. The molecule has 3 aromatic rings. The number of nitrogens with one attached hydrogen (secondary N) is 2. The van der Waals surface area contributed by atoms with Crippen molar-refractivity contribution in [2.45, 2.75) is 19.9 Å². The average Bonchev–Trinajstić information content (AvgIpc) is 3.19. The van der Waals surface area contributed by atoms with Gasteiger partial charge in [-0.05, 0) is 30.9 Å². The summed E-state index contributed by atoms with van der Waals surface area (Å²) < 4.78 is 5.91. The average molecular weight is 455 g/mol. The van der Waals surface area contributed by atoms with Gasteiger partial charge in [0.15, 0.2) is 5.96 Å². The van der Waals surface area contributed by atoms with Crippen LogP contribution in [-0.4, -0.2) is 19.6 Å². The predicted molar refractivity (Wildman–Crippen MR) is 113 cm³/mol. The maximum absolute atomic E-state index is 5.91. The van der Waals surface area contributed by atoms with Crippen LogP contribution < -0.4 is 10.6 Å². The molecule has 0 saturated heterocycles. The van der Waals surface area contributed by atoms with E-state index in [0.29, 0.717) is 6.54 Å². The number of guanidine groups is 1. The highest BCUT2D eigenvalue weighted by atomic mass is 127. The second-order valence-electron chi connectivity index (χ2n) is 5.33. The summed E-state index contributed by atoms with van der Waals surface area (Å²) in [6.45, 7) is 3.58. The standard InChI is InChI=1S/C18H21N3OS.HI/c1-13-15-7-3-4-8-16(15)22-17(13)12-21-18(19-2)20-10-9-14-6-5-11-23-14;/h3-8,11H,9-10,12H2,1-2H3,(H2,19,20,21);1H. The molecule has 0 radical (unpaired) electrons. The number of aryl methyl sites for hydroxylation is 1. The van der Waals surface area contributed by atoms with Gasteiger partial charge in [-0.25, -0.2) is 0 Å². The second kappa shape index (κ2) is 9.08. The van der Waals surface area contributed by atoms with Crippen LogP contribution in [0, 0.1) is 6.92 Å². The van der Waals surface area contributed by atoms with E-state index in [0.717, 1.165) is 30.3 Å². The number of benzene rings is 1. The van der Waals surface area contributed by atoms with Gasteiger partial charge >= 0.3 is 0 Å². The fraction of sp³-hybridized carbons (Fsp3) is 0.278. The van der Waals surface area contributed by atoms with Crippen LogP contribution in [0.1, 0.15) is 16.2 Å². The summed E-state index contributed by atoms with van der Waals surface area (Å²) >= 11 is 1.78. The lowest BCUT2D eigenvalue weighted by atomic mass is 10.1. The molecule has 4 nitrogen and oxygen atoms in total.